The summed E-state index contributed by atoms with van der Waals surface area (Å²) in [4.78, 5) is 0. The van der Waals surface area contributed by atoms with Crippen LogP contribution >= 0.6 is 0 Å². The summed E-state index contributed by atoms with van der Waals surface area (Å²) in [5, 5.41) is 0. The lowest BCUT2D eigenvalue weighted by atomic mass is 9.64. The second kappa shape index (κ2) is 5.12. The van der Waals surface area contributed by atoms with E-state index in [2.05, 4.69) is 86.6 Å². The second-order valence-electron chi connectivity index (χ2n) is 9.93. The number of aryl methyl sites for hydroxylation is 2. The van der Waals surface area contributed by atoms with Crippen molar-refractivity contribution in [2.45, 2.75) is 73.1 Å². The van der Waals surface area contributed by atoms with Crippen molar-refractivity contribution >= 4 is 5.57 Å². The molecule has 2 aromatic carbocycles. The zero-order valence-corrected chi connectivity index (χ0v) is 17.9. The van der Waals surface area contributed by atoms with E-state index in [1.807, 2.05) is 0 Å². The number of allylic oxidation sites excluding steroid dienone is 2. The molecule has 2 aromatic rings. The van der Waals surface area contributed by atoms with Gasteiger partial charge < -0.3 is 0 Å². The molecule has 2 aliphatic carbocycles. The third kappa shape index (κ3) is 2.02. The summed E-state index contributed by atoms with van der Waals surface area (Å²) >= 11 is 0. The van der Waals surface area contributed by atoms with Crippen LogP contribution in [0.1, 0.15) is 80.5 Å². The van der Waals surface area contributed by atoms with Crippen molar-refractivity contribution in [1.29, 1.82) is 0 Å². The first-order valence-electron chi connectivity index (χ1n) is 10.0. The molecule has 0 aromatic heterocycles. The molecule has 0 spiro atoms. The van der Waals surface area contributed by atoms with E-state index in [0.29, 0.717) is 5.92 Å². The first kappa shape index (κ1) is 17.6. The molecule has 0 heterocycles. The standard InChI is InChI=1S/C26H32/c1-14(2)10-18-22-17(5)16(4)13-21-24(22)23-19(25(18,6)7)11-15(3)12-20(23)26(21,8)9/h10-14H,1-9H3/b18-10+. The van der Waals surface area contributed by atoms with Gasteiger partial charge in [0.05, 0.1) is 0 Å². The Labute approximate surface area is 159 Å². The number of rotatable bonds is 1. The van der Waals surface area contributed by atoms with Gasteiger partial charge in [0.15, 0.2) is 0 Å². The molecule has 0 amide bonds. The molecule has 26 heavy (non-hydrogen) atoms. The van der Waals surface area contributed by atoms with Crippen molar-refractivity contribution in [3.8, 4) is 11.1 Å². The van der Waals surface area contributed by atoms with E-state index in [-0.39, 0.29) is 10.8 Å². The zero-order valence-electron chi connectivity index (χ0n) is 17.9. The highest BCUT2D eigenvalue weighted by Crippen LogP contribution is 2.61. The molecule has 0 unspecified atom stereocenters. The summed E-state index contributed by atoms with van der Waals surface area (Å²) < 4.78 is 0. The quantitative estimate of drug-likeness (QED) is 0.511. The van der Waals surface area contributed by atoms with Gasteiger partial charge in [0.2, 0.25) is 0 Å². The van der Waals surface area contributed by atoms with Gasteiger partial charge in [0.25, 0.3) is 0 Å². The lowest BCUT2D eigenvalue weighted by Gasteiger charge is -2.39. The first-order valence-corrected chi connectivity index (χ1v) is 10.0. The van der Waals surface area contributed by atoms with Crippen molar-refractivity contribution in [3.05, 3.63) is 63.2 Å². The zero-order chi connectivity index (χ0) is 19.2. The maximum absolute atomic E-state index is 2.51. The minimum Gasteiger partial charge on any atom is -0.0772 e. The van der Waals surface area contributed by atoms with Gasteiger partial charge in [-0.2, -0.15) is 0 Å². The highest BCUT2D eigenvalue weighted by atomic mass is 14.5. The van der Waals surface area contributed by atoms with Gasteiger partial charge in [-0.05, 0) is 76.8 Å². The molecule has 0 N–H and O–H groups in total. The van der Waals surface area contributed by atoms with Crippen LogP contribution in [0.5, 0.6) is 0 Å². The monoisotopic (exact) mass is 344 g/mol. The van der Waals surface area contributed by atoms with Crippen LogP contribution in [0.25, 0.3) is 16.7 Å². The first-order chi connectivity index (χ1) is 12.0. The molecule has 0 atom stereocenters. The van der Waals surface area contributed by atoms with Gasteiger partial charge in [-0.3, -0.25) is 0 Å². The molecule has 0 radical (unpaired) electrons. The van der Waals surface area contributed by atoms with E-state index in [1.165, 1.54) is 55.6 Å². The number of hydrogen-bond donors (Lipinski definition) is 0. The Hall–Kier alpha value is -1.82. The van der Waals surface area contributed by atoms with Crippen LogP contribution in [0, 0.1) is 26.7 Å². The Morgan fingerprint density at radius 3 is 1.85 bits per heavy atom. The lowest BCUT2D eigenvalue weighted by molar-refractivity contribution is 0.654. The van der Waals surface area contributed by atoms with E-state index in [4.69, 9.17) is 0 Å². The van der Waals surface area contributed by atoms with Crippen LogP contribution in [-0.4, -0.2) is 0 Å². The van der Waals surface area contributed by atoms with Crippen molar-refractivity contribution in [2.75, 3.05) is 0 Å². The molecule has 0 saturated carbocycles. The fourth-order valence-corrected chi connectivity index (χ4v) is 5.27. The van der Waals surface area contributed by atoms with Crippen LogP contribution < -0.4 is 0 Å². The maximum atomic E-state index is 2.51. The Kier molecular flexibility index (Phi) is 3.47. The molecule has 0 bridgehead atoms. The van der Waals surface area contributed by atoms with Gasteiger partial charge in [-0.1, -0.05) is 71.4 Å². The third-order valence-electron chi connectivity index (χ3n) is 6.84. The molecule has 0 aliphatic heterocycles. The van der Waals surface area contributed by atoms with E-state index in [9.17, 15) is 0 Å². The summed E-state index contributed by atoms with van der Waals surface area (Å²) in [6.07, 6.45) is 2.51. The van der Waals surface area contributed by atoms with Crippen LogP contribution in [0.2, 0.25) is 0 Å². The van der Waals surface area contributed by atoms with Gasteiger partial charge in [-0.15, -0.1) is 0 Å². The fraction of sp³-hybridized carbons (Fsp3) is 0.462. The average molecular weight is 345 g/mol. The summed E-state index contributed by atoms with van der Waals surface area (Å²) in [6, 6.07) is 7.33. The topological polar surface area (TPSA) is 0 Å². The van der Waals surface area contributed by atoms with E-state index >= 15 is 0 Å². The molecule has 136 valence electrons. The van der Waals surface area contributed by atoms with Crippen LogP contribution in [-0.2, 0) is 10.8 Å². The highest BCUT2D eigenvalue weighted by molar-refractivity contribution is 6.00. The van der Waals surface area contributed by atoms with Crippen molar-refractivity contribution in [1.82, 2.24) is 0 Å². The van der Waals surface area contributed by atoms with Crippen molar-refractivity contribution < 1.29 is 0 Å². The normalized spacial score (nSPS) is 20.0. The second-order valence-corrected chi connectivity index (χ2v) is 9.93. The predicted octanol–water partition coefficient (Wildman–Crippen LogP) is 7.25. The van der Waals surface area contributed by atoms with Gasteiger partial charge >= 0.3 is 0 Å². The summed E-state index contributed by atoms with van der Waals surface area (Å²) in [6.45, 7) is 21.1. The highest BCUT2D eigenvalue weighted by Gasteiger charge is 2.46. The predicted molar refractivity (Wildman–Crippen MR) is 114 cm³/mol. The molecule has 0 nitrogen and oxygen atoms in total. The van der Waals surface area contributed by atoms with Gasteiger partial charge in [0.1, 0.15) is 0 Å². The molecular weight excluding hydrogens is 312 g/mol. The maximum Gasteiger partial charge on any atom is 0.0159 e. The van der Waals surface area contributed by atoms with E-state index in [1.54, 1.807) is 0 Å². The van der Waals surface area contributed by atoms with Crippen LogP contribution in [0.15, 0.2) is 24.3 Å². The van der Waals surface area contributed by atoms with Crippen molar-refractivity contribution in [2.24, 2.45) is 5.92 Å². The minimum absolute atomic E-state index is 0.0314. The average Bonchev–Trinajstić information content (AvgIpc) is 2.73. The Morgan fingerprint density at radius 1 is 0.731 bits per heavy atom. The van der Waals surface area contributed by atoms with Gasteiger partial charge in [0, 0.05) is 10.8 Å². The van der Waals surface area contributed by atoms with E-state index < -0.39 is 0 Å². The molecule has 2 aliphatic rings. The molecule has 0 fully saturated rings. The Bertz CT molecular complexity index is 978. The van der Waals surface area contributed by atoms with Gasteiger partial charge in [-0.25, -0.2) is 0 Å². The van der Waals surface area contributed by atoms with Crippen molar-refractivity contribution in [3.63, 3.8) is 0 Å². The van der Waals surface area contributed by atoms with Crippen LogP contribution in [0.4, 0.5) is 0 Å². The third-order valence-corrected chi connectivity index (χ3v) is 6.84. The van der Waals surface area contributed by atoms with E-state index in [0.717, 1.165) is 0 Å². The molecule has 0 saturated heterocycles. The molecule has 0 heteroatoms. The summed E-state index contributed by atoms with van der Waals surface area (Å²) in [7, 11) is 0. The summed E-state index contributed by atoms with van der Waals surface area (Å²) in [5.74, 6) is 0.542. The Morgan fingerprint density at radius 2 is 1.27 bits per heavy atom. The molecular formula is C26H32. The fourth-order valence-electron chi connectivity index (χ4n) is 5.27. The minimum atomic E-state index is 0.0314. The smallest absolute Gasteiger partial charge is 0.0159 e. The number of benzene rings is 2. The number of hydrogen-bond acceptors (Lipinski definition) is 0. The van der Waals surface area contributed by atoms with Crippen LogP contribution in [0.3, 0.4) is 0 Å². The Balaban J connectivity index is 2.28. The largest absolute Gasteiger partial charge is 0.0772 e. The summed E-state index contributed by atoms with van der Waals surface area (Å²) in [5.41, 5.74) is 15.0. The molecule has 4 rings (SSSR count). The lowest BCUT2D eigenvalue weighted by Crippen LogP contribution is -2.26. The SMILES string of the molecule is Cc1cc2c3c(c1)C(C)(C)c1cc(C)c(C)c(c1-3)/C(=C\C(C)C)C2(C)C.